The van der Waals surface area contributed by atoms with Crippen LogP contribution in [0.25, 0.3) is 6.08 Å². The van der Waals surface area contributed by atoms with Gasteiger partial charge in [0.25, 0.3) is 5.91 Å². The molecular weight excluding hydrogens is 368 g/mol. The number of nitrogens with one attached hydrogen (secondary N) is 2. The van der Waals surface area contributed by atoms with Gasteiger partial charge in [0.1, 0.15) is 5.71 Å². The molecule has 2 aliphatic heterocycles. The van der Waals surface area contributed by atoms with E-state index in [1.165, 1.54) is 62.0 Å². The number of hydrazone groups is 1. The smallest absolute Gasteiger partial charge is 0.273 e. The Kier molecular flexibility index (Phi) is 4.91. The number of piperidine rings is 1. The highest BCUT2D eigenvalue weighted by Crippen LogP contribution is 2.31. The molecule has 6 heteroatoms. The van der Waals surface area contributed by atoms with Crippen molar-refractivity contribution in [1.82, 2.24) is 15.3 Å². The summed E-state index contributed by atoms with van der Waals surface area (Å²) in [7, 11) is 0. The lowest BCUT2D eigenvalue weighted by Crippen LogP contribution is -2.29. The van der Waals surface area contributed by atoms with E-state index in [2.05, 4.69) is 20.4 Å². The first-order valence-electron chi connectivity index (χ1n) is 10.4. The summed E-state index contributed by atoms with van der Waals surface area (Å²) >= 11 is 1.61. The highest BCUT2D eigenvalue weighted by atomic mass is 32.1. The molecule has 28 heavy (non-hydrogen) atoms. The molecule has 1 aliphatic carbocycles. The Morgan fingerprint density at radius 2 is 2.00 bits per heavy atom. The van der Waals surface area contributed by atoms with E-state index in [1.54, 1.807) is 11.3 Å². The number of hydrogen-bond acceptors (Lipinski definition) is 4. The van der Waals surface area contributed by atoms with Crippen LogP contribution in [0.2, 0.25) is 0 Å². The van der Waals surface area contributed by atoms with E-state index in [9.17, 15) is 4.79 Å². The number of aryl methyl sites for hydroxylation is 1. The average Bonchev–Trinajstić information content (AvgIpc) is 3.44. The number of carbonyl (C=O) groups is 1. The van der Waals surface area contributed by atoms with Crippen molar-refractivity contribution in [3.05, 3.63) is 50.5 Å². The van der Waals surface area contributed by atoms with Crippen molar-refractivity contribution >= 4 is 29.0 Å². The molecule has 0 unspecified atom stereocenters. The molecule has 146 valence electrons. The average molecular weight is 395 g/mol. The van der Waals surface area contributed by atoms with Crippen LogP contribution in [0, 0.1) is 0 Å². The predicted octanol–water partition coefficient (Wildman–Crippen LogP) is 3.86. The summed E-state index contributed by atoms with van der Waals surface area (Å²) in [5.74, 6) is -0.111. The summed E-state index contributed by atoms with van der Waals surface area (Å²) in [5, 5.41) is 6.32. The summed E-state index contributed by atoms with van der Waals surface area (Å²) in [6.45, 7) is 3.34. The quantitative estimate of drug-likeness (QED) is 0.774. The number of hydrogen-bond donors (Lipinski definition) is 2. The van der Waals surface area contributed by atoms with Crippen molar-refractivity contribution < 1.29 is 4.79 Å². The summed E-state index contributed by atoms with van der Waals surface area (Å²) in [4.78, 5) is 19.8. The van der Waals surface area contributed by atoms with E-state index < -0.39 is 0 Å². The first-order chi connectivity index (χ1) is 13.8. The standard InChI is InChI=1S/C22H26N4OS/c27-22-16(21(24-25-22)20-9-6-12-28-20)13-19-17(14-26-10-4-1-5-11-26)15-7-2-3-8-18(15)23-19/h6,9,12-13,23H,1-5,7-8,10-11,14H2,(H,25,27). The second kappa shape index (κ2) is 7.68. The van der Waals surface area contributed by atoms with E-state index in [0.717, 1.165) is 35.7 Å². The highest BCUT2D eigenvalue weighted by Gasteiger charge is 2.27. The van der Waals surface area contributed by atoms with Crippen LogP contribution in [0.15, 0.2) is 28.2 Å². The van der Waals surface area contributed by atoms with Gasteiger partial charge in [0.15, 0.2) is 0 Å². The molecular formula is C22H26N4OS. The highest BCUT2D eigenvalue weighted by molar-refractivity contribution is 7.12. The maximum atomic E-state index is 12.5. The van der Waals surface area contributed by atoms with Crippen LogP contribution in [0.3, 0.4) is 0 Å². The Morgan fingerprint density at radius 3 is 2.82 bits per heavy atom. The molecule has 5 rings (SSSR count). The van der Waals surface area contributed by atoms with E-state index in [1.807, 2.05) is 23.6 Å². The summed E-state index contributed by atoms with van der Waals surface area (Å²) < 4.78 is 0. The molecule has 0 saturated carbocycles. The fourth-order valence-corrected chi connectivity index (χ4v) is 5.36. The number of nitrogens with zero attached hydrogens (tertiary/aromatic N) is 2. The Hall–Kier alpha value is -2.18. The summed E-state index contributed by atoms with van der Waals surface area (Å²) in [5.41, 5.74) is 9.46. The molecule has 5 nitrogen and oxygen atoms in total. The minimum absolute atomic E-state index is 0.111. The molecule has 1 saturated heterocycles. The summed E-state index contributed by atoms with van der Waals surface area (Å²) in [6.07, 6.45) is 10.7. The van der Waals surface area contributed by atoms with E-state index in [4.69, 9.17) is 0 Å². The zero-order chi connectivity index (χ0) is 18.9. The molecule has 2 aromatic heterocycles. The minimum Gasteiger partial charge on any atom is -0.358 e. The van der Waals surface area contributed by atoms with Crippen LogP contribution in [-0.4, -0.2) is 34.6 Å². The fourth-order valence-electron chi connectivity index (χ4n) is 4.64. The van der Waals surface area contributed by atoms with Gasteiger partial charge in [0.2, 0.25) is 0 Å². The van der Waals surface area contributed by atoms with Crippen molar-refractivity contribution in [1.29, 1.82) is 0 Å². The molecule has 2 aromatic rings. The zero-order valence-electron chi connectivity index (χ0n) is 16.1. The molecule has 1 amide bonds. The van der Waals surface area contributed by atoms with Gasteiger partial charge in [-0.3, -0.25) is 9.69 Å². The Bertz CT molecular complexity index is 932. The molecule has 1 fully saturated rings. The predicted molar refractivity (Wildman–Crippen MR) is 114 cm³/mol. The van der Waals surface area contributed by atoms with Gasteiger partial charge in [0.05, 0.1) is 10.5 Å². The van der Waals surface area contributed by atoms with Crippen molar-refractivity contribution in [2.75, 3.05) is 13.1 Å². The van der Waals surface area contributed by atoms with Gasteiger partial charge in [-0.05, 0) is 80.3 Å². The zero-order valence-corrected chi connectivity index (χ0v) is 16.9. The normalized spacial score (nSPS) is 21.6. The van der Waals surface area contributed by atoms with Gasteiger partial charge in [-0.1, -0.05) is 12.5 Å². The van der Waals surface area contributed by atoms with Gasteiger partial charge in [-0.15, -0.1) is 11.3 Å². The van der Waals surface area contributed by atoms with Crippen LogP contribution < -0.4 is 5.43 Å². The first kappa shape index (κ1) is 17.9. The van der Waals surface area contributed by atoms with E-state index in [-0.39, 0.29) is 5.91 Å². The largest absolute Gasteiger partial charge is 0.358 e. The van der Waals surface area contributed by atoms with Crippen molar-refractivity contribution in [2.24, 2.45) is 5.10 Å². The molecule has 3 aliphatic rings. The van der Waals surface area contributed by atoms with Gasteiger partial charge >= 0.3 is 0 Å². The van der Waals surface area contributed by atoms with Crippen LogP contribution in [0.5, 0.6) is 0 Å². The van der Waals surface area contributed by atoms with Gasteiger partial charge in [-0.2, -0.15) is 5.10 Å². The minimum atomic E-state index is -0.111. The summed E-state index contributed by atoms with van der Waals surface area (Å²) in [6, 6.07) is 4.02. The van der Waals surface area contributed by atoms with Crippen molar-refractivity contribution in [3.8, 4) is 0 Å². The number of aromatic nitrogens is 1. The van der Waals surface area contributed by atoms with E-state index >= 15 is 0 Å². The van der Waals surface area contributed by atoms with Gasteiger partial charge in [-0.25, -0.2) is 5.43 Å². The van der Waals surface area contributed by atoms with Crippen molar-refractivity contribution in [3.63, 3.8) is 0 Å². The second-order valence-corrected chi connectivity index (χ2v) is 8.90. The lowest BCUT2D eigenvalue weighted by atomic mass is 9.93. The first-order valence-corrected chi connectivity index (χ1v) is 11.3. The van der Waals surface area contributed by atoms with Gasteiger partial charge in [0, 0.05) is 17.9 Å². The number of carbonyl (C=O) groups excluding carboxylic acids is 1. The van der Waals surface area contributed by atoms with Crippen molar-refractivity contribution in [2.45, 2.75) is 51.5 Å². The third-order valence-electron chi connectivity index (χ3n) is 6.09. The molecule has 4 heterocycles. The topological polar surface area (TPSA) is 60.5 Å². The third kappa shape index (κ3) is 3.35. The number of aromatic amines is 1. The van der Waals surface area contributed by atoms with Gasteiger partial charge < -0.3 is 4.98 Å². The monoisotopic (exact) mass is 394 g/mol. The fraction of sp³-hybridized carbons (Fsp3) is 0.455. The number of likely N-dealkylation sites (tertiary alicyclic amines) is 1. The maximum Gasteiger partial charge on any atom is 0.273 e. The molecule has 0 atom stereocenters. The van der Waals surface area contributed by atoms with Crippen LogP contribution in [0.1, 0.15) is 59.5 Å². The molecule has 0 aromatic carbocycles. The number of thiophene rings is 1. The third-order valence-corrected chi connectivity index (χ3v) is 6.96. The number of rotatable bonds is 4. The molecule has 2 N–H and O–H groups in total. The Balaban J connectivity index is 1.53. The van der Waals surface area contributed by atoms with Crippen LogP contribution in [-0.2, 0) is 24.2 Å². The number of amides is 1. The SMILES string of the molecule is O=C1NN=C(c2cccs2)C1=Cc1[nH]c2c(c1CN1CCCCC1)CCCC2. The number of fused-ring (bicyclic) bond motifs is 1. The van der Waals surface area contributed by atoms with Crippen LogP contribution in [0.4, 0.5) is 0 Å². The lowest BCUT2D eigenvalue weighted by Gasteiger charge is -2.27. The molecule has 0 radical (unpaired) electrons. The molecule has 0 bridgehead atoms. The van der Waals surface area contributed by atoms with Crippen LogP contribution >= 0.6 is 11.3 Å². The molecule has 0 spiro atoms. The number of H-pyrrole nitrogens is 1. The maximum absolute atomic E-state index is 12.5. The van der Waals surface area contributed by atoms with E-state index in [0.29, 0.717) is 5.57 Å². The lowest BCUT2D eigenvalue weighted by molar-refractivity contribution is -0.116. The second-order valence-electron chi connectivity index (χ2n) is 7.95. The Labute approximate surface area is 169 Å². The Morgan fingerprint density at radius 1 is 1.14 bits per heavy atom.